The molecule has 8 heteroatoms. The molecular formula is C25H25Cl2N5O. The van der Waals surface area contributed by atoms with Crippen LogP contribution in [0.3, 0.4) is 0 Å². The topological polar surface area (TPSA) is 68.0 Å². The van der Waals surface area contributed by atoms with E-state index in [1.165, 1.54) is 5.69 Å². The van der Waals surface area contributed by atoms with Gasteiger partial charge in [0.15, 0.2) is 11.6 Å². The van der Waals surface area contributed by atoms with E-state index in [1.54, 1.807) is 13.0 Å². The number of benzene rings is 2. The lowest BCUT2D eigenvalue weighted by Gasteiger charge is -2.34. The monoisotopic (exact) mass is 481 g/mol. The average molecular weight is 482 g/mol. The van der Waals surface area contributed by atoms with E-state index in [4.69, 9.17) is 28.2 Å². The number of H-pyrrole nitrogens is 2. The molecule has 170 valence electrons. The van der Waals surface area contributed by atoms with Crippen molar-refractivity contribution in [2.45, 2.75) is 13.8 Å². The number of imidazole rings is 1. The predicted molar refractivity (Wildman–Crippen MR) is 136 cm³/mol. The van der Waals surface area contributed by atoms with Crippen molar-refractivity contribution in [1.29, 1.82) is 0 Å². The number of carbonyl (C=O) groups is 1. The summed E-state index contributed by atoms with van der Waals surface area (Å²) in [5.74, 6) is 0.636. The summed E-state index contributed by atoms with van der Waals surface area (Å²) < 4.78 is 0. The fourth-order valence-electron chi connectivity index (χ4n) is 4.61. The molecule has 0 spiro atoms. The zero-order valence-electron chi connectivity index (χ0n) is 18.8. The standard InChI is InChI=1S/C25H25Cl2N5O/c1-14-22(15(2)33)23(16-10-17(26)12-18(27)11-16)24(28-14)25-29-20-5-4-19(13-21(20)30-25)32-8-6-31(3)7-9-32/h4-5,10-13,28H,6-9H2,1-3H3,(H,29,30). The van der Waals surface area contributed by atoms with Crippen LogP contribution in [-0.2, 0) is 0 Å². The van der Waals surface area contributed by atoms with E-state index < -0.39 is 0 Å². The minimum absolute atomic E-state index is 0.0328. The van der Waals surface area contributed by atoms with Crippen LogP contribution >= 0.6 is 23.2 Å². The third-order valence-corrected chi connectivity index (χ3v) is 6.70. The molecule has 0 unspecified atom stereocenters. The van der Waals surface area contributed by atoms with Crippen LogP contribution < -0.4 is 4.90 Å². The highest BCUT2D eigenvalue weighted by Crippen LogP contribution is 2.39. The maximum Gasteiger partial charge on any atom is 0.162 e. The minimum atomic E-state index is -0.0328. The van der Waals surface area contributed by atoms with Crippen LogP contribution in [0, 0.1) is 6.92 Å². The highest BCUT2D eigenvalue weighted by molar-refractivity contribution is 6.35. The molecule has 1 aliphatic heterocycles. The molecule has 2 aromatic carbocycles. The Kier molecular flexibility index (Phi) is 5.69. The summed E-state index contributed by atoms with van der Waals surface area (Å²) in [6, 6.07) is 11.6. The molecule has 1 aliphatic rings. The van der Waals surface area contributed by atoms with Crippen LogP contribution in [0.4, 0.5) is 5.69 Å². The molecule has 0 bridgehead atoms. The number of anilines is 1. The Hall–Kier alpha value is -2.80. The number of nitrogens with zero attached hydrogens (tertiary/aromatic N) is 3. The molecule has 0 amide bonds. The number of hydrogen-bond donors (Lipinski definition) is 2. The first-order valence-corrected chi connectivity index (χ1v) is 11.7. The third-order valence-electron chi connectivity index (χ3n) is 6.26. The number of likely N-dealkylation sites (N-methyl/N-ethyl adjacent to an activating group) is 1. The van der Waals surface area contributed by atoms with Gasteiger partial charge in [-0.15, -0.1) is 0 Å². The van der Waals surface area contributed by atoms with E-state index in [9.17, 15) is 4.79 Å². The second-order valence-electron chi connectivity index (χ2n) is 8.67. The van der Waals surface area contributed by atoms with Gasteiger partial charge in [0.1, 0.15) is 0 Å². The van der Waals surface area contributed by atoms with Gasteiger partial charge in [0.25, 0.3) is 0 Å². The zero-order valence-corrected chi connectivity index (χ0v) is 20.3. The number of Topliss-reactive ketones (excluding diaryl/α,β-unsaturated/α-hetero) is 1. The molecule has 0 saturated carbocycles. The van der Waals surface area contributed by atoms with Crippen LogP contribution in [0.1, 0.15) is 23.0 Å². The van der Waals surface area contributed by atoms with Crippen molar-refractivity contribution in [2.24, 2.45) is 0 Å². The summed E-state index contributed by atoms with van der Waals surface area (Å²) in [6.45, 7) is 7.56. The average Bonchev–Trinajstić information content (AvgIpc) is 3.33. The van der Waals surface area contributed by atoms with Crippen LogP contribution in [0.15, 0.2) is 36.4 Å². The molecule has 0 atom stereocenters. The Morgan fingerprint density at radius 2 is 1.70 bits per heavy atom. The summed E-state index contributed by atoms with van der Waals surface area (Å²) in [7, 11) is 2.15. The Morgan fingerprint density at radius 1 is 1.00 bits per heavy atom. The number of ketones is 1. The molecule has 2 N–H and O–H groups in total. The molecule has 33 heavy (non-hydrogen) atoms. The maximum atomic E-state index is 12.6. The van der Waals surface area contributed by atoms with Crippen LogP contribution in [-0.4, -0.2) is 58.9 Å². The minimum Gasteiger partial charge on any atom is -0.369 e. The molecule has 0 radical (unpaired) electrons. The second kappa shape index (κ2) is 8.52. The van der Waals surface area contributed by atoms with E-state index in [-0.39, 0.29) is 5.78 Å². The number of rotatable bonds is 4. The van der Waals surface area contributed by atoms with E-state index in [0.29, 0.717) is 21.4 Å². The lowest BCUT2D eigenvalue weighted by molar-refractivity contribution is 0.101. The third kappa shape index (κ3) is 4.14. The summed E-state index contributed by atoms with van der Waals surface area (Å²) in [6.07, 6.45) is 0. The number of piperazine rings is 1. The summed E-state index contributed by atoms with van der Waals surface area (Å²) in [4.78, 5) is 29.0. The van der Waals surface area contributed by atoms with Crippen molar-refractivity contribution in [3.05, 3.63) is 57.7 Å². The first-order chi connectivity index (χ1) is 15.8. The fourth-order valence-corrected chi connectivity index (χ4v) is 5.13. The molecule has 1 saturated heterocycles. The van der Waals surface area contributed by atoms with Gasteiger partial charge in [-0.1, -0.05) is 23.2 Å². The van der Waals surface area contributed by atoms with Crippen LogP contribution in [0.25, 0.3) is 33.7 Å². The number of halogens is 2. The van der Waals surface area contributed by atoms with E-state index in [2.05, 4.69) is 38.9 Å². The van der Waals surface area contributed by atoms with Crippen molar-refractivity contribution in [3.8, 4) is 22.6 Å². The molecule has 0 aliphatic carbocycles. The lowest BCUT2D eigenvalue weighted by Crippen LogP contribution is -2.44. The van der Waals surface area contributed by atoms with Gasteiger partial charge in [-0.25, -0.2) is 4.98 Å². The SMILES string of the molecule is CC(=O)c1c(C)[nH]c(-c2nc3ccc(N4CCN(C)CC4)cc3[nH]2)c1-c1cc(Cl)cc(Cl)c1. The fraction of sp³-hybridized carbons (Fsp3) is 0.280. The molecule has 3 heterocycles. The van der Waals surface area contributed by atoms with E-state index in [0.717, 1.165) is 59.7 Å². The molecule has 5 rings (SSSR count). The zero-order chi connectivity index (χ0) is 23.3. The molecule has 1 fully saturated rings. The number of aryl methyl sites for hydroxylation is 1. The largest absolute Gasteiger partial charge is 0.369 e. The van der Waals surface area contributed by atoms with Crippen molar-refractivity contribution in [3.63, 3.8) is 0 Å². The first kappa shape index (κ1) is 22.0. The van der Waals surface area contributed by atoms with Gasteiger partial charge in [0.2, 0.25) is 0 Å². The highest BCUT2D eigenvalue weighted by Gasteiger charge is 2.24. The number of fused-ring (bicyclic) bond motifs is 1. The van der Waals surface area contributed by atoms with Crippen molar-refractivity contribution < 1.29 is 4.79 Å². The smallest absolute Gasteiger partial charge is 0.162 e. The second-order valence-corrected chi connectivity index (χ2v) is 9.54. The normalized spacial score (nSPS) is 14.9. The molecular weight excluding hydrogens is 457 g/mol. The summed E-state index contributed by atoms with van der Waals surface area (Å²) in [5.41, 5.74) is 6.67. The number of aromatic amines is 2. The summed E-state index contributed by atoms with van der Waals surface area (Å²) >= 11 is 12.6. The Labute approximate surface area is 202 Å². The van der Waals surface area contributed by atoms with Crippen molar-refractivity contribution >= 4 is 45.7 Å². The first-order valence-electron chi connectivity index (χ1n) is 10.9. The van der Waals surface area contributed by atoms with Gasteiger partial charge in [-0.3, -0.25) is 4.79 Å². The lowest BCUT2D eigenvalue weighted by atomic mass is 9.97. The quantitative estimate of drug-likeness (QED) is 0.361. The summed E-state index contributed by atoms with van der Waals surface area (Å²) in [5, 5.41) is 1.02. The number of hydrogen-bond acceptors (Lipinski definition) is 4. The highest BCUT2D eigenvalue weighted by atomic mass is 35.5. The Balaban J connectivity index is 1.62. The number of aromatic nitrogens is 3. The number of nitrogens with one attached hydrogen (secondary N) is 2. The van der Waals surface area contributed by atoms with Gasteiger partial charge >= 0.3 is 0 Å². The van der Waals surface area contributed by atoms with Gasteiger partial charge in [-0.2, -0.15) is 0 Å². The molecule has 6 nitrogen and oxygen atoms in total. The maximum absolute atomic E-state index is 12.6. The van der Waals surface area contributed by atoms with Crippen LogP contribution in [0.2, 0.25) is 10.0 Å². The van der Waals surface area contributed by atoms with Gasteiger partial charge in [0.05, 0.1) is 16.7 Å². The van der Waals surface area contributed by atoms with Crippen molar-refractivity contribution in [1.82, 2.24) is 19.9 Å². The van der Waals surface area contributed by atoms with E-state index in [1.807, 2.05) is 25.1 Å². The van der Waals surface area contributed by atoms with Gasteiger partial charge in [-0.05, 0) is 62.9 Å². The Morgan fingerprint density at radius 3 is 2.36 bits per heavy atom. The van der Waals surface area contributed by atoms with Gasteiger partial charge < -0.3 is 19.8 Å². The van der Waals surface area contributed by atoms with Crippen molar-refractivity contribution in [2.75, 3.05) is 38.1 Å². The number of carbonyl (C=O) groups excluding carboxylic acids is 1. The van der Waals surface area contributed by atoms with Gasteiger partial charge in [0, 0.05) is 58.7 Å². The molecule has 4 aromatic rings. The predicted octanol–water partition coefficient (Wildman–Crippen LogP) is 5.79. The Bertz CT molecular complexity index is 1340. The van der Waals surface area contributed by atoms with Crippen LogP contribution in [0.5, 0.6) is 0 Å². The molecule has 2 aromatic heterocycles. The van der Waals surface area contributed by atoms with E-state index >= 15 is 0 Å².